The Balaban J connectivity index is 2.20. The summed E-state index contributed by atoms with van der Waals surface area (Å²) in [7, 11) is 0. The third-order valence-electron chi connectivity index (χ3n) is 3.64. The quantitative estimate of drug-likeness (QED) is 0.662. The maximum atomic E-state index is 13.5. The number of rotatable bonds is 2. The largest absolute Gasteiger partial charge is 0.411 e. The van der Waals surface area contributed by atoms with Gasteiger partial charge in [-0.1, -0.05) is 18.1 Å². The summed E-state index contributed by atoms with van der Waals surface area (Å²) in [6.07, 6.45) is 1.35. The molecule has 1 aliphatic heterocycles. The molecule has 1 saturated heterocycles. The third-order valence-corrected chi connectivity index (χ3v) is 4.45. The van der Waals surface area contributed by atoms with E-state index in [2.05, 4.69) is 21.1 Å². The lowest BCUT2D eigenvalue weighted by atomic mass is 9.93. The van der Waals surface area contributed by atoms with Gasteiger partial charge in [-0.3, -0.25) is 4.79 Å². The minimum absolute atomic E-state index is 0.0602. The van der Waals surface area contributed by atoms with Gasteiger partial charge in [0.2, 0.25) is 0 Å². The molecule has 1 aromatic rings. The first-order valence-electron chi connectivity index (χ1n) is 6.52. The number of halogens is 2. The van der Waals surface area contributed by atoms with Gasteiger partial charge in [-0.15, -0.1) is 0 Å². The van der Waals surface area contributed by atoms with Crippen molar-refractivity contribution in [2.45, 2.75) is 19.8 Å². The molecule has 1 N–H and O–H groups in total. The van der Waals surface area contributed by atoms with E-state index in [4.69, 9.17) is 5.21 Å². The van der Waals surface area contributed by atoms with Crippen LogP contribution in [0.15, 0.2) is 27.8 Å². The molecule has 1 aliphatic rings. The number of hydrogen-bond acceptors (Lipinski definition) is 3. The van der Waals surface area contributed by atoms with Crippen molar-refractivity contribution in [2.24, 2.45) is 11.1 Å². The maximum Gasteiger partial charge on any atom is 0.255 e. The van der Waals surface area contributed by atoms with Gasteiger partial charge in [0.05, 0.1) is 15.7 Å². The molecule has 108 valence electrons. The van der Waals surface area contributed by atoms with Crippen LogP contribution >= 0.6 is 15.9 Å². The summed E-state index contributed by atoms with van der Waals surface area (Å²) in [5.41, 5.74) is 1.05. The van der Waals surface area contributed by atoms with Crippen molar-refractivity contribution in [2.75, 3.05) is 13.1 Å². The number of amides is 1. The molecule has 1 amide bonds. The lowest BCUT2D eigenvalue weighted by Gasteiger charge is -2.33. The van der Waals surface area contributed by atoms with Crippen LogP contribution in [0.3, 0.4) is 0 Å². The van der Waals surface area contributed by atoms with Crippen LogP contribution in [-0.2, 0) is 0 Å². The molecule has 6 heteroatoms. The number of benzene rings is 1. The molecule has 1 heterocycles. The molecule has 1 unspecified atom stereocenters. The summed E-state index contributed by atoms with van der Waals surface area (Å²) in [4.78, 5) is 14.1. The van der Waals surface area contributed by atoms with Gasteiger partial charge in [0, 0.05) is 25.4 Å². The Kier molecular flexibility index (Phi) is 4.75. The molecule has 1 aromatic carbocycles. The van der Waals surface area contributed by atoms with Crippen molar-refractivity contribution in [3.8, 4) is 0 Å². The minimum atomic E-state index is -0.447. The first-order valence-corrected chi connectivity index (χ1v) is 7.31. The molecule has 0 bridgehead atoms. The van der Waals surface area contributed by atoms with Crippen LogP contribution in [0.1, 0.15) is 30.1 Å². The van der Waals surface area contributed by atoms with E-state index in [1.807, 2.05) is 6.92 Å². The number of piperidine rings is 1. The molecule has 0 radical (unpaired) electrons. The number of carbonyl (C=O) groups is 1. The molecular formula is C14H16BrFN2O2. The van der Waals surface area contributed by atoms with Crippen LogP contribution < -0.4 is 0 Å². The molecular weight excluding hydrogens is 327 g/mol. The monoisotopic (exact) mass is 342 g/mol. The van der Waals surface area contributed by atoms with Crippen molar-refractivity contribution in [1.29, 1.82) is 0 Å². The fourth-order valence-electron chi connectivity index (χ4n) is 2.44. The fourth-order valence-corrected chi connectivity index (χ4v) is 2.87. The van der Waals surface area contributed by atoms with E-state index in [-0.39, 0.29) is 16.3 Å². The lowest BCUT2D eigenvalue weighted by Crippen LogP contribution is -2.44. The van der Waals surface area contributed by atoms with Crippen LogP contribution in [0.4, 0.5) is 4.39 Å². The van der Waals surface area contributed by atoms with Crippen molar-refractivity contribution >= 4 is 27.5 Å². The smallest absolute Gasteiger partial charge is 0.255 e. The Bertz CT molecular complexity index is 548. The van der Waals surface area contributed by atoms with E-state index >= 15 is 0 Å². The number of likely N-dealkylation sites (tertiary alicyclic amines) is 1. The first kappa shape index (κ1) is 15.0. The van der Waals surface area contributed by atoms with E-state index < -0.39 is 5.82 Å². The molecule has 0 aliphatic carbocycles. The standard InChI is InChI=1S/C14H16BrFN2O2/c1-2-9-8-18(7-6-12(9)17-20)14(19)10-4-3-5-11(16)13(10)15/h3-5,9,20H,2,6-8H2,1H3/b17-12+. The summed E-state index contributed by atoms with van der Waals surface area (Å²) in [5, 5.41) is 12.2. The Labute approximate surface area is 125 Å². The Morgan fingerprint density at radius 1 is 1.60 bits per heavy atom. The fraction of sp³-hybridized carbons (Fsp3) is 0.429. The molecule has 2 rings (SSSR count). The Morgan fingerprint density at radius 3 is 3.00 bits per heavy atom. The van der Waals surface area contributed by atoms with Gasteiger partial charge < -0.3 is 10.1 Å². The SMILES string of the molecule is CCC1CN(C(=O)c2cccc(F)c2Br)CC/C1=N\O. The predicted molar refractivity (Wildman–Crippen MR) is 77.6 cm³/mol. The second kappa shape index (κ2) is 6.35. The zero-order chi connectivity index (χ0) is 14.7. The van der Waals surface area contributed by atoms with Crippen LogP contribution in [0, 0.1) is 11.7 Å². The Hall–Kier alpha value is -1.43. The highest BCUT2D eigenvalue weighted by molar-refractivity contribution is 9.10. The van der Waals surface area contributed by atoms with Crippen molar-refractivity contribution < 1.29 is 14.4 Å². The highest BCUT2D eigenvalue weighted by Gasteiger charge is 2.29. The second-order valence-corrected chi connectivity index (χ2v) is 5.59. The van der Waals surface area contributed by atoms with Crippen LogP contribution in [0.25, 0.3) is 0 Å². The first-order chi connectivity index (χ1) is 9.58. The minimum Gasteiger partial charge on any atom is -0.411 e. The van der Waals surface area contributed by atoms with Gasteiger partial charge in [0.15, 0.2) is 0 Å². The normalized spacial score (nSPS) is 21.2. The van der Waals surface area contributed by atoms with E-state index in [1.165, 1.54) is 12.1 Å². The van der Waals surface area contributed by atoms with Crippen molar-refractivity contribution in [3.63, 3.8) is 0 Å². The average Bonchev–Trinajstić information content (AvgIpc) is 2.48. The van der Waals surface area contributed by atoms with E-state index in [0.29, 0.717) is 25.1 Å². The Morgan fingerprint density at radius 2 is 2.35 bits per heavy atom. The van der Waals surface area contributed by atoms with Crippen molar-refractivity contribution in [1.82, 2.24) is 4.90 Å². The summed E-state index contributed by atoms with van der Waals surface area (Å²) < 4.78 is 13.7. The van der Waals surface area contributed by atoms with E-state index in [9.17, 15) is 9.18 Å². The number of oxime groups is 1. The topological polar surface area (TPSA) is 52.9 Å². The lowest BCUT2D eigenvalue weighted by molar-refractivity contribution is 0.0727. The summed E-state index contributed by atoms with van der Waals surface area (Å²) in [6, 6.07) is 4.43. The number of hydrogen-bond donors (Lipinski definition) is 1. The molecule has 4 nitrogen and oxygen atoms in total. The van der Waals surface area contributed by atoms with Crippen LogP contribution in [-0.4, -0.2) is 34.8 Å². The highest BCUT2D eigenvalue weighted by atomic mass is 79.9. The molecule has 0 saturated carbocycles. The predicted octanol–water partition coefficient (Wildman–Crippen LogP) is 3.29. The summed E-state index contributed by atoms with van der Waals surface area (Å²) in [5.74, 6) is -0.589. The van der Waals surface area contributed by atoms with Crippen LogP contribution in [0.5, 0.6) is 0 Å². The summed E-state index contributed by atoms with van der Waals surface area (Å²) >= 11 is 3.12. The molecule has 20 heavy (non-hydrogen) atoms. The second-order valence-electron chi connectivity index (χ2n) is 4.80. The zero-order valence-electron chi connectivity index (χ0n) is 11.1. The molecule has 0 aromatic heterocycles. The van der Waals surface area contributed by atoms with Gasteiger partial charge in [0.25, 0.3) is 5.91 Å². The van der Waals surface area contributed by atoms with Gasteiger partial charge in [-0.2, -0.15) is 0 Å². The molecule has 1 fully saturated rings. The van der Waals surface area contributed by atoms with Gasteiger partial charge in [0.1, 0.15) is 5.82 Å². The van der Waals surface area contributed by atoms with E-state index in [1.54, 1.807) is 11.0 Å². The number of carbonyl (C=O) groups excluding carboxylic acids is 1. The summed E-state index contributed by atoms with van der Waals surface area (Å²) in [6.45, 7) is 2.97. The number of nitrogens with zero attached hydrogens (tertiary/aromatic N) is 2. The third kappa shape index (κ3) is 2.85. The molecule has 1 atom stereocenters. The van der Waals surface area contributed by atoms with E-state index in [0.717, 1.165) is 12.1 Å². The van der Waals surface area contributed by atoms with Gasteiger partial charge in [-0.25, -0.2) is 4.39 Å². The zero-order valence-corrected chi connectivity index (χ0v) is 12.7. The highest BCUT2D eigenvalue weighted by Crippen LogP contribution is 2.24. The maximum absolute atomic E-state index is 13.5. The van der Waals surface area contributed by atoms with Gasteiger partial charge >= 0.3 is 0 Å². The van der Waals surface area contributed by atoms with Gasteiger partial charge in [-0.05, 0) is 34.5 Å². The average molecular weight is 343 g/mol. The molecule has 0 spiro atoms. The van der Waals surface area contributed by atoms with Crippen LogP contribution in [0.2, 0.25) is 0 Å². The van der Waals surface area contributed by atoms with Crippen molar-refractivity contribution in [3.05, 3.63) is 34.1 Å².